The molecule has 2 atom stereocenters. The zero-order valence-corrected chi connectivity index (χ0v) is 19.1. The van der Waals surface area contributed by atoms with Gasteiger partial charge in [-0.1, -0.05) is 6.07 Å². The van der Waals surface area contributed by atoms with Gasteiger partial charge in [0, 0.05) is 56.6 Å². The number of benzene rings is 1. The van der Waals surface area contributed by atoms with Crippen molar-refractivity contribution in [3.8, 4) is 5.75 Å². The van der Waals surface area contributed by atoms with Crippen LogP contribution >= 0.6 is 0 Å². The van der Waals surface area contributed by atoms with E-state index in [1.807, 2.05) is 23.1 Å². The molecule has 0 radical (unpaired) electrons. The Hall–Kier alpha value is -3.16. The minimum atomic E-state index is -0.544. The number of ether oxygens (including phenoxy) is 1. The number of rotatable bonds is 6. The van der Waals surface area contributed by atoms with Gasteiger partial charge in [0.25, 0.3) is 5.91 Å². The van der Waals surface area contributed by atoms with Crippen LogP contribution in [-0.2, 0) is 4.79 Å². The highest BCUT2D eigenvalue weighted by atomic mass is 16.5. The Morgan fingerprint density at radius 1 is 1.18 bits per heavy atom. The maximum Gasteiger partial charge on any atom is 0.253 e. The molecule has 0 unspecified atom stereocenters. The fraction of sp³-hybridized carbons (Fsp3) is 0.520. The third-order valence-corrected chi connectivity index (χ3v) is 7.33. The molecule has 1 aliphatic carbocycles. The van der Waals surface area contributed by atoms with Crippen molar-refractivity contribution in [2.75, 3.05) is 44.7 Å². The highest BCUT2D eigenvalue weighted by Crippen LogP contribution is 2.44. The lowest BCUT2D eigenvalue weighted by Gasteiger charge is -2.32. The van der Waals surface area contributed by atoms with Gasteiger partial charge in [0.1, 0.15) is 5.75 Å². The number of carbonyl (C=O) groups excluding carboxylic acids is 2. The van der Waals surface area contributed by atoms with Gasteiger partial charge < -0.3 is 19.9 Å². The van der Waals surface area contributed by atoms with Crippen LogP contribution in [0.3, 0.4) is 0 Å². The minimum Gasteiger partial charge on any atom is -0.497 e. The van der Waals surface area contributed by atoms with Crippen molar-refractivity contribution < 1.29 is 14.3 Å². The summed E-state index contributed by atoms with van der Waals surface area (Å²) in [7, 11) is 1.60. The fourth-order valence-corrected chi connectivity index (χ4v) is 5.27. The van der Waals surface area contributed by atoms with E-state index in [1.54, 1.807) is 31.6 Å². The van der Waals surface area contributed by atoms with E-state index in [0.717, 1.165) is 19.4 Å². The summed E-state index contributed by atoms with van der Waals surface area (Å²) in [5.74, 6) is 2.04. The normalized spacial score (nSPS) is 24.7. The molecule has 3 heterocycles. The van der Waals surface area contributed by atoms with Gasteiger partial charge in [-0.3, -0.25) is 9.59 Å². The Morgan fingerprint density at radius 3 is 2.76 bits per heavy atom. The van der Waals surface area contributed by atoms with Crippen LogP contribution < -0.4 is 15.0 Å². The molecule has 2 aromatic rings. The zero-order valence-electron chi connectivity index (χ0n) is 19.1. The van der Waals surface area contributed by atoms with E-state index in [1.165, 1.54) is 12.8 Å². The molecule has 8 heteroatoms. The van der Waals surface area contributed by atoms with Crippen molar-refractivity contribution in [3.63, 3.8) is 0 Å². The van der Waals surface area contributed by atoms with Crippen molar-refractivity contribution >= 4 is 17.8 Å². The van der Waals surface area contributed by atoms with Gasteiger partial charge in [0.2, 0.25) is 11.9 Å². The smallest absolute Gasteiger partial charge is 0.253 e. The summed E-state index contributed by atoms with van der Waals surface area (Å²) in [6, 6.07) is 9.07. The highest BCUT2D eigenvalue weighted by molar-refractivity contribution is 5.95. The molecule has 0 spiro atoms. The lowest BCUT2D eigenvalue weighted by atomic mass is 9.74. The Morgan fingerprint density at radius 2 is 2.00 bits per heavy atom. The Balaban J connectivity index is 1.40. The summed E-state index contributed by atoms with van der Waals surface area (Å²) in [6.45, 7) is 3.17. The van der Waals surface area contributed by atoms with Crippen LogP contribution in [-0.4, -0.2) is 66.5 Å². The van der Waals surface area contributed by atoms with Crippen LogP contribution in [0.5, 0.6) is 5.75 Å². The number of likely N-dealkylation sites (tertiary alicyclic amines) is 1. The summed E-state index contributed by atoms with van der Waals surface area (Å²) in [5, 5.41) is 3.24. The molecule has 2 saturated heterocycles. The first-order chi connectivity index (χ1) is 16.1. The maximum atomic E-state index is 13.6. The van der Waals surface area contributed by atoms with Gasteiger partial charge in [-0.05, 0) is 55.9 Å². The van der Waals surface area contributed by atoms with E-state index in [2.05, 4.69) is 20.2 Å². The molecule has 2 aliphatic heterocycles. The van der Waals surface area contributed by atoms with Crippen molar-refractivity contribution in [1.82, 2.24) is 20.2 Å². The van der Waals surface area contributed by atoms with Crippen LogP contribution in [0.15, 0.2) is 42.7 Å². The van der Waals surface area contributed by atoms with Crippen molar-refractivity contribution in [2.24, 2.45) is 17.3 Å². The molecule has 1 saturated carbocycles. The van der Waals surface area contributed by atoms with E-state index in [-0.39, 0.29) is 17.7 Å². The fourth-order valence-electron chi connectivity index (χ4n) is 5.27. The predicted octanol–water partition coefficient (Wildman–Crippen LogP) is 2.37. The highest BCUT2D eigenvalue weighted by Gasteiger charge is 2.54. The van der Waals surface area contributed by atoms with E-state index in [9.17, 15) is 9.59 Å². The summed E-state index contributed by atoms with van der Waals surface area (Å²) < 4.78 is 5.30. The molecule has 3 aliphatic rings. The molecule has 2 amide bonds. The third-order valence-electron chi connectivity index (χ3n) is 7.33. The van der Waals surface area contributed by atoms with Gasteiger partial charge in [-0.25, -0.2) is 9.97 Å². The molecule has 5 rings (SSSR count). The molecule has 8 nitrogen and oxygen atoms in total. The number of aromatic nitrogens is 2. The van der Waals surface area contributed by atoms with Gasteiger partial charge in [-0.2, -0.15) is 0 Å². The second-order valence-corrected chi connectivity index (χ2v) is 9.52. The first-order valence-electron chi connectivity index (χ1n) is 11.8. The van der Waals surface area contributed by atoms with Crippen LogP contribution in [0.1, 0.15) is 36.0 Å². The summed E-state index contributed by atoms with van der Waals surface area (Å²) in [5.41, 5.74) is 0.0681. The van der Waals surface area contributed by atoms with E-state index in [4.69, 9.17) is 4.74 Å². The number of carbonyl (C=O) groups is 2. The molecule has 1 N–H and O–H groups in total. The van der Waals surface area contributed by atoms with Gasteiger partial charge in [-0.15, -0.1) is 0 Å². The summed E-state index contributed by atoms with van der Waals surface area (Å²) in [4.78, 5) is 39.9. The lowest BCUT2D eigenvalue weighted by Crippen LogP contribution is -2.48. The standard InChI is InChI=1S/C25H31N5O3/c1-33-21-6-2-5-19(13-21)22(31)29-12-3-9-25(23(32)28-14-18-7-8-18)17-30(16-20(25)15-29)24-26-10-4-11-27-24/h2,4-6,10-11,13,18,20H,3,7-9,12,14-17H2,1H3,(H,28,32)/t20-,25-/m0/s1. The second-order valence-electron chi connectivity index (χ2n) is 9.52. The Labute approximate surface area is 194 Å². The second kappa shape index (κ2) is 9.00. The molecular formula is C25H31N5O3. The quantitative estimate of drug-likeness (QED) is 0.729. The first kappa shape index (κ1) is 21.7. The number of nitrogens with zero attached hydrogens (tertiary/aromatic N) is 4. The number of hydrogen-bond donors (Lipinski definition) is 1. The van der Waals surface area contributed by atoms with E-state index >= 15 is 0 Å². The van der Waals surface area contributed by atoms with Crippen LogP contribution in [0, 0.1) is 17.3 Å². The lowest BCUT2D eigenvalue weighted by molar-refractivity contribution is -0.132. The Kier molecular flexibility index (Phi) is 5.91. The number of fused-ring (bicyclic) bond motifs is 1. The molecule has 0 bridgehead atoms. The van der Waals surface area contributed by atoms with Crippen molar-refractivity contribution in [2.45, 2.75) is 25.7 Å². The maximum absolute atomic E-state index is 13.6. The van der Waals surface area contributed by atoms with Crippen molar-refractivity contribution in [3.05, 3.63) is 48.3 Å². The number of hydrogen-bond acceptors (Lipinski definition) is 6. The molecule has 1 aromatic carbocycles. The number of methoxy groups -OCH3 is 1. The average molecular weight is 450 g/mol. The number of anilines is 1. The summed E-state index contributed by atoms with van der Waals surface area (Å²) in [6.07, 6.45) is 7.39. The predicted molar refractivity (Wildman–Crippen MR) is 124 cm³/mol. The van der Waals surface area contributed by atoms with E-state index < -0.39 is 5.41 Å². The van der Waals surface area contributed by atoms with Gasteiger partial charge in [0.15, 0.2) is 0 Å². The molecule has 174 valence electrons. The van der Waals surface area contributed by atoms with Gasteiger partial charge >= 0.3 is 0 Å². The Bertz CT molecular complexity index is 1010. The SMILES string of the molecule is COc1cccc(C(=O)N2CCC[C@]3(C(=O)NCC4CC4)CN(c4ncccn4)C[C@@H]3C2)c1. The first-order valence-corrected chi connectivity index (χ1v) is 11.8. The molecule has 3 fully saturated rings. The molecule has 33 heavy (non-hydrogen) atoms. The largest absolute Gasteiger partial charge is 0.497 e. The zero-order chi connectivity index (χ0) is 22.8. The van der Waals surface area contributed by atoms with Crippen molar-refractivity contribution in [1.29, 1.82) is 0 Å². The monoisotopic (exact) mass is 449 g/mol. The van der Waals surface area contributed by atoms with E-state index in [0.29, 0.717) is 49.4 Å². The summed E-state index contributed by atoms with van der Waals surface area (Å²) >= 11 is 0. The van der Waals surface area contributed by atoms with Crippen LogP contribution in [0.4, 0.5) is 5.95 Å². The van der Waals surface area contributed by atoms with Crippen LogP contribution in [0.2, 0.25) is 0 Å². The minimum absolute atomic E-state index is 0.0116. The topological polar surface area (TPSA) is 87.7 Å². The third kappa shape index (κ3) is 4.38. The number of nitrogens with one attached hydrogen (secondary N) is 1. The molecular weight excluding hydrogens is 418 g/mol. The van der Waals surface area contributed by atoms with Crippen LogP contribution in [0.25, 0.3) is 0 Å². The average Bonchev–Trinajstić information content (AvgIpc) is 3.65. The van der Waals surface area contributed by atoms with Gasteiger partial charge in [0.05, 0.1) is 12.5 Å². The number of amides is 2. The molecule has 1 aromatic heterocycles.